The van der Waals surface area contributed by atoms with Crippen molar-refractivity contribution >= 4 is 28.8 Å². The molecule has 2 aromatic heterocycles. The second-order valence-electron chi connectivity index (χ2n) is 7.17. The monoisotopic (exact) mass is 434 g/mol. The van der Waals surface area contributed by atoms with Crippen molar-refractivity contribution in [2.24, 2.45) is 0 Å². The van der Waals surface area contributed by atoms with Gasteiger partial charge in [0, 0.05) is 11.1 Å². The molecule has 2 N–H and O–H groups in total. The van der Waals surface area contributed by atoms with Gasteiger partial charge in [0.15, 0.2) is 0 Å². The molecule has 0 fully saturated rings. The molecule has 4 aromatic rings. The number of nitrogens with zero attached hydrogens (tertiary/aromatic N) is 3. The molecule has 4 rings (SSSR count). The van der Waals surface area contributed by atoms with Crippen LogP contribution in [0.15, 0.2) is 47.8 Å². The number of methoxy groups -OCH3 is 1. The van der Waals surface area contributed by atoms with Gasteiger partial charge in [0.2, 0.25) is 0 Å². The fraction of sp³-hybridized carbons (Fsp3) is 0.174. The van der Waals surface area contributed by atoms with Crippen LogP contribution in [0.1, 0.15) is 27.3 Å². The highest BCUT2D eigenvalue weighted by Gasteiger charge is 2.23. The van der Waals surface area contributed by atoms with Gasteiger partial charge < -0.3 is 15.2 Å². The summed E-state index contributed by atoms with van der Waals surface area (Å²) in [6, 6.07) is 12.8. The summed E-state index contributed by atoms with van der Waals surface area (Å²) in [5.41, 5.74) is 4.77. The Morgan fingerprint density at radius 1 is 1.16 bits per heavy atom. The van der Waals surface area contributed by atoms with Crippen molar-refractivity contribution in [2.75, 3.05) is 12.4 Å². The molecule has 158 valence electrons. The van der Waals surface area contributed by atoms with Crippen molar-refractivity contribution in [3.05, 3.63) is 70.4 Å². The van der Waals surface area contributed by atoms with Crippen molar-refractivity contribution in [2.45, 2.75) is 20.8 Å². The first kappa shape index (κ1) is 20.6. The number of para-hydroxylation sites is 2. The predicted molar refractivity (Wildman–Crippen MR) is 122 cm³/mol. The number of ether oxygens (including phenoxy) is 1. The largest absolute Gasteiger partial charge is 0.494 e. The number of anilines is 2. The summed E-state index contributed by atoms with van der Waals surface area (Å²) in [4.78, 5) is 16.5. The first-order chi connectivity index (χ1) is 14.9. The Bertz CT molecular complexity index is 1280. The normalized spacial score (nSPS) is 10.8. The second-order valence-corrected chi connectivity index (χ2v) is 8.02. The zero-order chi connectivity index (χ0) is 22.1. The average Bonchev–Trinajstić information content (AvgIpc) is 3.31. The van der Waals surface area contributed by atoms with Gasteiger partial charge in [-0.15, -0.1) is 11.3 Å². The summed E-state index contributed by atoms with van der Waals surface area (Å²) in [6.45, 7) is 5.72. The average molecular weight is 435 g/mol. The van der Waals surface area contributed by atoms with E-state index in [9.17, 15) is 9.90 Å². The van der Waals surface area contributed by atoms with E-state index in [0.29, 0.717) is 17.3 Å². The first-order valence-corrected chi connectivity index (χ1v) is 10.5. The minimum atomic E-state index is -1.00. The van der Waals surface area contributed by atoms with Crippen molar-refractivity contribution in [1.29, 1.82) is 0 Å². The molecule has 0 aliphatic rings. The second kappa shape index (κ2) is 8.23. The molecular formula is C23H22N4O3S. The number of nitrogens with one attached hydrogen (secondary N) is 1. The molecule has 7 nitrogen and oxygen atoms in total. The third-order valence-electron chi connectivity index (χ3n) is 4.87. The molecule has 0 amide bonds. The molecule has 2 aromatic carbocycles. The third kappa shape index (κ3) is 3.89. The number of carboxylic acids is 1. The van der Waals surface area contributed by atoms with E-state index in [1.807, 2.05) is 56.5 Å². The van der Waals surface area contributed by atoms with E-state index in [4.69, 9.17) is 9.84 Å². The van der Waals surface area contributed by atoms with E-state index >= 15 is 0 Å². The molecule has 0 bridgehead atoms. The molecule has 0 atom stereocenters. The smallest absolute Gasteiger partial charge is 0.337 e. The van der Waals surface area contributed by atoms with Crippen LogP contribution in [0.25, 0.3) is 16.3 Å². The Morgan fingerprint density at radius 2 is 1.94 bits per heavy atom. The quantitative estimate of drug-likeness (QED) is 0.424. The van der Waals surface area contributed by atoms with Gasteiger partial charge in [0.25, 0.3) is 0 Å². The zero-order valence-electron chi connectivity index (χ0n) is 17.6. The van der Waals surface area contributed by atoms with E-state index in [0.717, 1.165) is 33.2 Å². The number of carboxylic acid groups (broad SMARTS) is 1. The molecule has 0 aliphatic carbocycles. The Hall–Kier alpha value is -3.65. The topological polar surface area (TPSA) is 89.3 Å². The summed E-state index contributed by atoms with van der Waals surface area (Å²) in [5, 5.41) is 20.6. The molecule has 0 saturated carbocycles. The Balaban J connectivity index is 1.96. The highest BCUT2D eigenvalue weighted by molar-refractivity contribution is 7.13. The van der Waals surface area contributed by atoms with Crippen LogP contribution in [0, 0.1) is 20.8 Å². The van der Waals surface area contributed by atoms with Crippen LogP contribution in [-0.4, -0.2) is 33.0 Å². The summed E-state index contributed by atoms with van der Waals surface area (Å²) >= 11 is 1.52. The highest BCUT2D eigenvalue weighted by Crippen LogP contribution is 2.39. The lowest BCUT2D eigenvalue weighted by Gasteiger charge is -2.15. The summed E-state index contributed by atoms with van der Waals surface area (Å²) in [7, 11) is 1.61. The van der Waals surface area contributed by atoms with E-state index in [1.165, 1.54) is 11.3 Å². The minimum Gasteiger partial charge on any atom is -0.494 e. The van der Waals surface area contributed by atoms with Gasteiger partial charge in [0.1, 0.15) is 22.3 Å². The zero-order valence-corrected chi connectivity index (χ0v) is 18.4. The van der Waals surface area contributed by atoms with Crippen LogP contribution in [-0.2, 0) is 0 Å². The van der Waals surface area contributed by atoms with Crippen molar-refractivity contribution in [3.63, 3.8) is 0 Å². The molecule has 8 heteroatoms. The molecule has 0 radical (unpaired) electrons. The van der Waals surface area contributed by atoms with Crippen molar-refractivity contribution < 1.29 is 14.6 Å². The van der Waals surface area contributed by atoms with Crippen LogP contribution in [0.3, 0.4) is 0 Å². The molecule has 0 spiro atoms. The Labute approximate surface area is 184 Å². The maximum absolute atomic E-state index is 11.9. The molecule has 0 saturated heterocycles. The van der Waals surface area contributed by atoms with Crippen LogP contribution in [0.4, 0.5) is 11.5 Å². The van der Waals surface area contributed by atoms with Gasteiger partial charge in [-0.3, -0.25) is 0 Å². The SMILES string of the molecule is COc1ccccc1-n1nc(C)c(-c2nc(C)cs2)c1Nc1ccc(C)cc1C(=O)O. The lowest BCUT2D eigenvalue weighted by atomic mass is 10.1. The van der Waals surface area contributed by atoms with Gasteiger partial charge in [-0.2, -0.15) is 5.10 Å². The van der Waals surface area contributed by atoms with E-state index < -0.39 is 5.97 Å². The predicted octanol–water partition coefficient (Wildman–Crippen LogP) is 5.37. The van der Waals surface area contributed by atoms with Crippen LogP contribution in [0.5, 0.6) is 5.75 Å². The summed E-state index contributed by atoms with van der Waals surface area (Å²) in [6.07, 6.45) is 0. The molecule has 0 aliphatic heterocycles. The van der Waals surface area contributed by atoms with Gasteiger partial charge in [-0.25, -0.2) is 14.5 Å². The number of thiazole rings is 1. The molecular weight excluding hydrogens is 412 g/mol. The van der Waals surface area contributed by atoms with Gasteiger partial charge in [-0.1, -0.05) is 23.8 Å². The number of aromatic nitrogens is 3. The number of benzene rings is 2. The number of carbonyl (C=O) groups is 1. The maximum Gasteiger partial charge on any atom is 0.337 e. The number of aryl methyl sites for hydroxylation is 3. The Kier molecular flexibility index (Phi) is 5.48. The number of rotatable bonds is 6. The van der Waals surface area contributed by atoms with Gasteiger partial charge in [0.05, 0.1) is 29.6 Å². The lowest BCUT2D eigenvalue weighted by molar-refractivity contribution is 0.0698. The fourth-order valence-corrected chi connectivity index (χ4v) is 4.31. The van der Waals surface area contributed by atoms with Crippen LogP contribution < -0.4 is 10.1 Å². The molecule has 2 heterocycles. The van der Waals surface area contributed by atoms with Crippen molar-refractivity contribution in [1.82, 2.24) is 14.8 Å². The number of aromatic carboxylic acids is 1. The maximum atomic E-state index is 11.9. The van der Waals surface area contributed by atoms with E-state index in [1.54, 1.807) is 23.9 Å². The summed E-state index contributed by atoms with van der Waals surface area (Å²) < 4.78 is 7.29. The van der Waals surface area contributed by atoms with Crippen molar-refractivity contribution in [3.8, 4) is 22.0 Å². The standard InChI is InChI=1S/C23H22N4O3S/c1-13-9-10-17(16(11-13)23(28)29)25-21-20(22-24-14(2)12-31-22)15(3)26-27(21)18-7-5-6-8-19(18)30-4/h5-12,25H,1-4H3,(H,28,29). The first-order valence-electron chi connectivity index (χ1n) is 9.65. The Morgan fingerprint density at radius 3 is 2.61 bits per heavy atom. The van der Waals surface area contributed by atoms with Gasteiger partial charge in [-0.05, 0) is 45.0 Å². The highest BCUT2D eigenvalue weighted by atomic mass is 32.1. The van der Waals surface area contributed by atoms with Crippen LogP contribution in [0.2, 0.25) is 0 Å². The number of hydrogen-bond donors (Lipinski definition) is 2. The third-order valence-corrected chi connectivity index (χ3v) is 5.84. The van der Waals surface area contributed by atoms with Gasteiger partial charge >= 0.3 is 5.97 Å². The van der Waals surface area contributed by atoms with E-state index in [2.05, 4.69) is 10.3 Å². The minimum absolute atomic E-state index is 0.187. The molecule has 31 heavy (non-hydrogen) atoms. The van der Waals surface area contributed by atoms with Crippen LogP contribution >= 0.6 is 11.3 Å². The summed E-state index contributed by atoms with van der Waals surface area (Å²) in [5.74, 6) is 0.276. The van der Waals surface area contributed by atoms with E-state index in [-0.39, 0.29) is 5.56 Å². The fourth-order valence-electron chi connectivity index (χ4n) is 3.42. The molecule has 0 unspecified atom stereocenters. The number of hydrogen-bond acceptors (Lipinski definition) is 6. The lowest BCUT2D eigenvalue weighted by Crippen LogP contribution is -2.08.